The second kappa shape index (κ2) is 5.74. The van der Waals surface area contributed by atoms with Crippen molar-refractivity contribution in [2.45, 2.75) is 31.1 Å². The van der Waals surface area contributed by atoms with Gasteiger partial charge >= 0.3 is 0 Å². The first-order valence-corrected chi connectivity index (χ1v) is 7.17. The number of hydrogen-bond acceptors (Lipinski definition) is 2. The Labute approximate surface area is 103 Å². The van der Waals surface area contributed by atoms with Crippen LogP contribution in [0.1, 0.15) is 31.7 Å². The van der Waals surface area contributed by atoms with Crippen LogP contribution in [0.15, 0.2) is 29.2 Å². The van der Waals surface area contributed by atoms with Crippen molar-refractivity contribution < 1.29 is 0 Å². The molecule has 0 aliphatic carbocycles. The highest BCUT2D eigenvalue weighted by Crippen LogP contribution is 2.24. The SMILES string of the molecule is CC(C)c1ccc(SCCC2CNC2)cc1. The molecule has 0 bridgehead atoms. The number of nitrogens with one attached hydrogen (secondary N) is 1. The molecular formula is C14H21NS. The Morgan fingerprint density at radius 3 is 2.44 bits per heavy atom. The molecule has 1 aromatic carbocycles. The molecule has 88 valence electrons. The van der Waals surface area contributed by atoms with Gasteiger partial charge in [-0.2, -0.15) is 0 Å². The maximum absolute atomic E-state index is 3.32. The smallest absolute Gasteiger partial charge is 0.00721 e. The molecule has 0 saturated carbocycles. The quantitative estimate of drug-likeness (QED) is 0.784. The van der Waals surface area contributed by atoms with E-state index in [9.17, 15) is 0 Å². The van der Waals surface area contributed by atoms with Crippen LogP contribution in [0.4, 0.5) is 0 Å². The summed E-state index contributed by atoms with van der Waals surface area (Å²) in [6, 6.07) is 9.05. The first kappa shape index (κ1) is 12.0. The topological polar surface area (TPSA) is 12.0 Å². The lowest BCUT2D eigenvalue weighted by atomic mass is 10.0. The van der Waals surface area contributed by atoms with Crippen LogP contribution >= 0.6 is 11.8 Å². The number of rotatable bonds is 5. The van der Waals surface area contributed by atoms with E-state index < -0.39 is 0 Å². The van der Waals surface area contributed by atoms with Gasteiger partial charge in [-0.15, -0.1) is 11.8 Å². The third-order valence-electron chi connectivity index (χ3n) is 3.21. The summed E-state index contributed by atoms with van der Waals surface area (Å²) in [6.07, 6.45) is 1.35. The minimum atomic E-state index is 0.639. The molecule has 0 unspecified atom stereocenters. The van der Waals surface area contributed by atoms with Crippen molar-refractivity contribution in [3.05, 3.63) is 29.8 Å². The highest BCUT2D eigenvalue weighted by molar-refractivity contribution is 7.99. The minimum absolute atomic E-state index is 0.639. The maximum Gasteiger partial charge on any atom is 0.00721 e. The Hall–Kier alpha value is -0.470. The third kappa shape index (κ3) is 3.26. The zero-order valence-electron chi connectivity index (χ0n) is 10.2. The van der Waals surface area contributed by atoms with Gasteiger partial charge in [0.1, 0.15) is 0 Å². The van der Waals surface area contributed by atoms with Crippen molar-refractivity contribution in [2.24, 2.45) is 5.92 Å². The molecule has 1 aromatic rings. The van der Waals surface area contributed by atoms with Crippen LogP contribution in [0.3, 0.4) is 0 Å². The molecule has 1 heterocycles. The molecule has 2 heteroatoms. The van der Waals surface area contributed by atoms with Crippen LogP contribution in [0.25, 0.3) is 0 Å². The van der Waals surface area contributed by atoms with Crippen molar-refractivity contribution in [1.29, 1.82) is 0 Å². The van der Waals surface area contributed by atoms with Gasteiger partial charge in [0, 0.05) is 4.90 Å². The van der Waals surface area contributed by atoms with Crippen molar-refractivity contribution in [3.63, 3.8) is 0 Å². The van der Waals surface area contributed by atoms with Crippen molar-refractivity contribution in [3.8, 4) is 0 Å². The molecule has 1 fully saturated rings. The Kier molecular flexibility index (Phi) is 4.30. The average molecular weight is 235 g/mol. The molecule has 1 saturated heterocycles. The van der Waals surface area contributed by atoms with Crippen LogP contribution in [0.5, 0.6) is 0 Å². The first-order chi connectivity index (χ1) is 7.75. The van der Waals surface area contributed by atoms with Crippen molar-refractivity contribution in [2.75, 3.05) is 18.8 Å². The van der Waals surface area contributed by atoms with Gasteiger partial charge in [0.2, 0.25) is 0 Å². The Morgan fingerprint density at radius 2 is 1.94 bits per heavy atom. The van der Waals surface area contributed by atoms with Crippen LogP contribution in [-0.4, -0.2) is 18.8 Å². The largest absolute Gasteiger partial charge is 0.316 e. The average Bonchev–Trinajstić information content (AvgIpc) is 2.22. The highest BCUT2D eigenvalue weighted by atomic mass is 32.2. The summed E-state index contributed by atoms with van der Waals surface area (Å²) in [7, 11) is 0. The van der Waals surface area contributed by atoms with E-state index in [1.807, 2.05) is 11.8 Å². The Balaban J connectivity index is 1.75. The lowest BCUT2D eigenvalue weighted by Gasteiger charge is -2.26. The first-order valence-electron chi connectivity index (χ1n) is 6.19. The highest BCUT2D eigenvalue weighted by Gasteiger charge is 2.15. The van der Waals surface area contributed by atoms with E-state index >= 15 is 0 Å². The van der Waals surface area contributed by atoms with Gasteiger partial charge in [-0.1, -0.05) is 26.0 Å². The van der Waals surface area contributed by atoms with Crippen LogP contribution < -0.4 is 5.32 Å². The number of thioether (sulfide) groups is 1. The van der Waals surface area contributed by atoms with Gasteiger partial charge in [-0.3, -0.25) is 0 Å². The Morgan fingerprint density at radius 1 is 1.25 bits per heavy atom. The molecule has 0 amide bonds. The molecule has 0 spiro atoms. The van der Waals surface area contributed by atoms with Crippen molar-refractivity contribution >= 4 is 11.8 Å². The summed E-state index contributed by atoms with van der Waals surface area (Å²) in [4.78, 5) is 1.41. The van der Waals surface area contributed by atoms with Gasteiger partial charge in [-0.05, 0) is 54.8 Å². The van der Waals surface area contributed by atoms with Gasteiger partial charge in [0.05, 0.1) is 0 Å². The molecule has 16 heavy (non-hydrogen) atoms. The molecule has 0 atom stereocenters. The summed E-state index contributed by atoms with van der Waals surface area (Å²) < 4.78 is 0. The molecule has 0 aromatic heterocycles. The van der Waals surface area contributed by atoms with Gasteiger partial charge in [0.25, 0.3) is 0 Å². The molecule has 1 nitrogen and oxygen atoms in total. The van der Waals surface area contributed by atoms with E-state index in [1.165, 1.54) is 35.7 Å². The van der Waals surface area contributed by atoms with Crippen molar-refractivity contribution in [1.82, 2.24) is 5.32 Å². The van der Waals surface area contributed by atoms with E-state index in [0.29, 0.717) is 5.92 Å². The zero-order chi connectivity index (χ0) is 11.4. The summed E-state index contributed by atoms with van der Waals surface area (Å²) >= 11 is 1.99. The number of benzene rings is 1. The van der Waals surface area contributed by atoms with Gasteiger partial charge in [0.15, 0.2) is 0 Å². The number of hydrogen-bond donors (Lipinski definition) is 1. The lowest BCUT2D eigenvalue weighted by Crippen LogP contribution is -2.42. The predicted molar refractivity (Wildman–Crippen MR) is 72.2 cm³/mol. The zero-order valence-corrected chi connectivity index (χ0v) is 11.0. The van der Waals surface area contributed by atoms with E-state index in [-0.39, 0.29) is 0 Å². The van der Waals surface area contributed by atoms with Crippen LogP contribution in [-0.2, 0) is 0 Å². The standard InChI is InChI=1S/C14H21NS/c1-11(2)13-3-5-14(6-4-13)16-8-7-12-9-15-10-12/h3-6,11-12,15H,7-10H2,1-2H3. The molecule has 1 N–H and O–H groups in total. The summed E-state index contributed by atoms with van der Waals surface area (Å²) in [6.45, 7) is 6.94. The molecule has 1 aliphatic rings. The van der Waals surface area contributed by atoms with Crippen LogP contribution in [0.2, 0.25) is 0 Å². The summed E-state index contributed by atoms with van der Waals surface area (Å²) in [5.41, 5.74) is 1.44. The fraction of sp³-hybridized carbons (Fsp3) is 0.571. The molecular weight excluding hydrogens is 214 g/mol. The van der Waals surface area contributed by atoms with Gasteiger partial charge in [-0.25, -0.2) is 0 Å². The molecule has 1 aliphatic heterocycles. The van der Waals surface area contributed by atoms with E-state index in [0.717, 1.165) is 5.92 Å². The van der Waals surface area contributed by atoms with E-state index in [1.54, 1.807) is 0 Å². The molecule has 0 radical (unpaired) electrons. The minimum Gasteiger partial charge on any atom is -0.316 e. The van der Waals surface area contributed by atoms with Gasteiger partial charge < -0.3 is 5.32 Å². The third-order valence-corrected chi connectivity index (χ3v) is 4.25. The summed E-state index contributed by atoms with van der Waals surface area (Å²) in [5, 5.41) is 3.32. The lowest BCUT2D eigenvalue weighted by molar-refractivity contribution is 0.341. The predicted octanol–water partition coefficient (Wildman–Crippen LogP) is 3.51. The van der Waals surface area contributed by atoms with E-state index in [4.69, 9.17) is 0 Å². The second-order valence-corrected chi connectivity index (χ2v) is 6.05. The fourth-order valence-corrected chi connectivity index (χ4v) is 2.86. The normalized spacial score (nSPS) is 16.4. The summed E-state index contributed by atoms with van der Waals surface area (Å²) in [5.74, 6) is 2.83. The maximum atomic E-state index is 3.32. The van der Waals surface area contributed by atoms with E-state index in [2.05, 4.69) is 43.4 Å². The Bertz CT molecular complexity index is 314. The monoisotopic (exact) mass is 235 g/mol. The molecule has 2 rings (SSSR count). The second-order valence-electron chi connectivity index (χ2n) is 4.89. The fourth-order valence-electron chi connectivity index (χ4n) is 1.84. The van der Waals surface area contributed by atoms with Crippen LogP contribution in [0, 0.1) is 5.92 Å².